The minimum Gasteiger partial charge on any atom is -0.309 e. The molecular weight excluding hydrogens is 905 g/mol. The average molecular weight is 943 g/mol. The van der Waals surface area contributed by atoms with Crippen LogP contribution in [0.1, 0.15) is 16.7 Å². The Bertz CT molecular complexity index is 4190. The van der Waals surface area contributed by atoms with E-state index in [1.54, 1.807) is 0 Å². The SMILES string of the molecule is N#Cc1ccc(-c2ccccc2-c2nc(-c3cc(-c4cccc(C#N)c4)ccc3-n3c4ccccc4c4ccccc43)nc(-c3cc(-c4cccc(C#N)c4)ccc3-n3c4ccccc4c4ccccc43)n2)cc1. The maximum Gasteiger partial charge on any atom is 0.166 e. The molecule has 0 fully saturated rings. The lowest BCUT2D eigenvalue weighted by atomic mass is 9.97. The zero-order valence-corrected chi connectivity index (χ0v) is 39.5. The lowest BCUT2D eigenvalue weighted by Crippen LogP contribution is -2.06. The highest BCUT2D eigenvalue weighted by atomic mass is 15.1. The topological polar surface area (TPSA) is 120 Å². The average Bonchev–Trinajstić information content (AvgIpc) is 4.00. The summed E-state index contributed by atoms with van der Waals surface area (Å²) in [5.41, 5.74) is 15.0. The second-order valence-corrected chi connectivity index (χ2v) is 18.1. The summed E-state index contributed by atoms with van der Waals surface area (Å²) in [5, 5.41) is 34.3. The van der Waals surface area contributed by atoms with Gasteiger partial charge in [0.2, 0.25) is 0 Å². The largest absolute Gasteiger partial charge is 0.309 e. The fourth-order valence-corrected chi connectivity index (χ4v) is 10.5. The first kappa shape index (κ1) is 43.3. The Labute approximate surface area is 425 Å². The van der Waals surface area contributed by atoms with Gasteiger partial charge in [0.1, 0.15) is 0 Å². The third-order valence-corrected chi connectivity index (χ3v) is 13.9. The lowest BCUT2D eigenvalue weighted by Gasteiger charge is -2.19. The maximum atomic E-state index is 10.0. The second kappa shape index (κ2) is 17.9. The molecule has 0 N–H and O–H groups in total. The summed E-state index contributed by atoms with van der Waals surface area (Å²) in [6, 6.07) is 84.3. The van der Waals surface area contributed by atoms with Crippen LogP contribution in [-0.4, -0.2) is 24.1 Å². The molecule has 0 amide bonds. The summed E-state index contributed by atoms with van der Waals surface area (Å²) in [5.74, 6) is 1.31. The molecule has 74 heavy (non-hydrogen) atoms. The molecule has 10 aromatic carbocycles. The molecule has 0 unspecified atom stereocenters. The van der Waals surface area contributed by atoms with Crippen molar-refractivity contribution < 1.29 is 0 Å². The summed E-state index contributed by atoms with van der Waals surface area (Å²) in [4.78, 5) is 16.7. The van der Waals surface area contributed by atoms with Gasteiger partial charge in [-0.1, -0.05) is 146 Å². The van der Waals surface area contributed by atoms with Crippen molar-refractivity contribution in [1.29, 1.82) is 15.8 Å². The molecule has 342 valence electrons. The van der Waals surface area contributed by atoms with Crippen molar-refractivity contribution in [2.45, 2.75) is 0 Å². The van der Waals surface area contributed by atoms with Crippen molar-refractivity contribution >= 4 is 43.6 Å². The van der Waals surface area contributed by atoms with Crippen molar-refractivity contribution in [2.24, 2.45) is 0 Å². The molecule has 13 rings (SSSR count). The quantitative estimate of drug-likeness (QED) is 0.150. The van der Waals surface area contributed by atoms with Crippen molar-refractivity contribution in [3.8, 4) is 97.1 Å². The number of benzene rings is 10. The smallest absolute Gasteiger partial charge is 0.166 e. The van der Waals surface area contributed by atoms with Crippen LogP contribution < -0.4 is 0 Å². The fourth-order valence-electron chi connectivity index (χ4n) is 10.5. The highest BCUT2D eigenvalue weighted by molar-refractivity contribution is 6.11. The molecule has 3 heterocycles. The number of para-hydroxylation sites is 4. The molecule has 13 aromatic rings. The number of nitrogens with zero attached hydrogens (tertiary/aromatic N) is 8. The van der Waals surface area contributed by atoms with Gasteiger partial charge in [-0.2, -0.15) is 15.8 Å². The Morgan fingerprint density at radius 1 is 0.270 bits per heavy atom. The molecule has 3 aromatic heterocycles. The number of nitriles is 3. The van der Waals surface area contributed by atoms with Crippen molar-refractivity contribution in [2.75, 3.05) is 0 Å². The van der Waals surface area contributed by atoms with E-state index in [1.807, 2.05) is 91.0 Å². The van der Waals surface area contributed by atoms with E-state index in [2.05, 4.69) is 167 Å². The van der Waals surface area contributed by atoms with E-state index in [1.165, 1.54) is 0 Å². The van der Waals surface area contributed by atoms with E-state index in [0.717, 1.165) is 105 Å². The monoisotopic (exact) mass is 942 g/mol. The van der Waals surface area contributed by atoms with Gasteiger partial charge in [0.05, 0.1) is 68.3 Å². The van der Waals surface area contributed by atoms with Crippen molar-refractivity contribution in [3.05, 3.63) is 247 Å². The van der Waals surface area contributed by atoms with Gasteiger partial charge in [-0.05, 0) is 118 Å². The molecule has 0 atom stereocenters. The third-order valence-electron chi connectivity index (χ3n) is 13.9. The van der Waals surface area contributed by atoms with Crippen LogP contribution in [0.4, 0.5) is 0 Å². The lowest BCUT2D eigenvalue weighted by molar-refractivity contribution is 1.06. The van der Waals surface area contributed by atoms with Gasteiger partial charge in [-0.25, -0.2) is 15.0 Å². The molecule has 0 radical (unpaired) electrons. The van der Waals surface area contributed by atoms with Gasteiger partial charge < -0.3 is 9.13 Å². The van der Waals surface area contributed by atoms with E-state index in [4.69, 9.17) is 15.0 Å². The third kappa shape index (κ3) is 7.33. The zero-order valence-electron chi connectivity index (χ0n) is 39.5. The van der Waals surface area contributed by atoms with Gasteiger partial charge in [0.25, 0.3) is 0 Å². The Balaban J connectivity index is 1.16. The summed E-state index contributed by atoms with van der Waals surface area (Å²) in [7, 11) is 0. The Kier molecular flexibility index (Phi) is 10.5. The van der Waals surface area contributed by atoms with E-state index in [9.17, 15) is 15.8 Å². The van der Waals surface area contributed by atoms with Crippen LogP contribution in [0.5, 0.6) is 0 Å². The molecule has 0 saturated heterocycles. The predicted octanol–water partition coefficient (Wildman–Crippen LogP) is 15.7. The van der Waals surface area contributed by atoms with Gasteiger partial charge in [0.15, 0.2) is 17.5 Å². The molecule has 0 aliphatic rings. The molecule has 8 nitrogen and oxygen atoms in total. The first-order valence-corrected chi connectivity index (χ1v) is 24.2. The first-order valence-electron chi connectivity index (χ1n) is 24.2. The standard InChI is InChI=1S/C66H38N8/c67-39-42-27-29-45(30-28-42)50-17-1-2-22-55(50)64-70-65(56-37-48(46-15-11-13-43(35-46)40-68)31-33-62(56)73-58-23-7-3-18-51(58)52-19-4-8-24-59(52)73)72-66(71-64)57-38-49(47-16-12-14-44(36-47)41-69)32-34-63(57)74-60-25-9-5-20-53(60)54-21-6-10-26-61(54)74/h1-38H. The second-order valence-electron chi connectivity index (χ2n) is 18.1. The van der Waals surface area contributed by atoms with Gasteiger partial charge >= 0.3 is 0 Å². The number of rotatable bonds is 8. The molecule has 0 spiro atoms. The number of hydrogen-bond donors (Lipinski definition) is 0. The van der Waals surface area contributed by atoms with Crippen molar-refractivity contribution in [3.63, 3.8) is 0 Å². The highest BCUT2D eigenvalue weighted by Gasteiger charge is 2.24. The van der Waals surface area contributed by atoms with Crippen LogP contribution in [0.15, 0.2) is 231 Å². The maximum absolute atomic E-state index is 10.0. The number of aromatic nitrogens is 5. The summed E-state index contributed by atoms with van der Waals surface area (Å²) < 4.78 is 4.57. The van der Waals surface area contributed by atoms with Crippen LogP contribution in [0.25, 0.3) is 123 Å². The highest BCUT2D eigenvalue weighted by Crippen LogP contribution is 2.42. The zero-order chi connectivity index (χ0) is 49.7. The van der Waals surface area contributed by atoms with Crippen LogP contribution in [0.2, 0.25) is 0 Å². The number of hydrogen-bond acceptors (Lipinski definition) is 6. The molecule has 0 aliphatic carbocycles. The Morgan fingerprint density at radius 2 is 0.622 bits per heavy atom. The van der Waals surface area contributed by atoms with E-state index in [-0.39, 0.29) is 0 Å². The Hall–Kier alpha value is -10.7. The van der Waals surface area contributed by atoms with Gasteiger partial charge in [-0.3, -0.25) is 0 Å². The minimum absolute atomic E-state index is 0.430. The number of fused-ring (bicyclic) bond motifs is 6. The minimum atomic E-state index is 0.430. The molecule has 0 aliphatic heterocycles. The molecule has 8 heteroatoms. The van der Waals surface area contributed by atoms with Gasteiger partial charge in [0, 0.05) is 38.2 Å². The molecular formula is C66H38N8. The van der Waals surface area contributed by atoms with Gasteiger partial charge in [-0.15, -0.1) is 0 Å². The molecule has 0 saturated carbocycles. The normalized spacial score (nSPS) is 11.2. The molecule has 0 bridgehead atoms. The van der Waals surface area contributed by atoms with Crippen LogP contribution in [0.3, 0.4) is 0 Å². The van der Waals surface area contributed by atoms with Crippen molar-refractivity contribution in [1.82, 2.24) is 24.1 Å². The van der Waals surface area contributed by atoms with Crippen LogP contribution in [-0.2, 0) is 0 Å². The van der Waals surface area contributed by atoms with Crippen LogP contribution in [0, 0.1) is 34.0 Å². The fraction of sp³-hybridized carbons (Fsp3) is 0. The van der Waals surface area contributed by atoms with E-state index >= 15 is 0 Å². The predicted molar refractivity (Wildman–Crippen MR) is 295 cm³/mol. The first-order chi connectivity index (χ1) is 36.5. The van der Waals surface area contributed by atoms with E-state index in [0.29, 0.717) is 34.2 Å². The summed E-state index contributed by atoms with van der Waals surface area (Å²) in [6.07, 6.45) is 0. The summed E-state index contributed by atoms with van der Waals surface area (Å²) in [6.45, 7) is 0. The van der Waals surface area contributed by atoms with E-state index < -0.39 is 0 Å². The van der Waals surface area contributed by atoms with Crippen LogP contribution >= 0.6 is 0 Å². The summed E-state index contributed by atoms with van der Waals surface area (Å²) >= 11 is 0. The Morgan fingerprint density at radius 3 is 1.04 bits per heavy atom.